The van der Waals surface area contributed by atoms with Crippen LogP contribution >= 0.6 is 0 Å². The molecule has 0 amide bonds. The van der Waals surface area contributed by atoms with Crippen LogP contribution in [0.25, 0.3) is 11.6 Å². The molecule has 100 valence electrons. The largest absolute Gasteiger partial charge is 0.299 e. The van der Waals surface area contributed by atoms with Crippen LogP contribution in [0.15, 0.2) is 24.3 Å². The first kappa shape index (κ1) is 15.2. The summed E-state index contributed by atoms with van der Waals surface area (Å²) >= 11 is 0. The quantitative estimate of drug-likeness (QED) is 0.758. The lowest BCUT2D eigenvalue weighted by Gasteiger charge is -2.13. The van der Waals surface area contributed by atoms with Gasteiger partial charge in [-0.1, -0.05) is 55.7 Å². The summed E-state index contributed by atoms with van der Waals surface area (Å²) in [5, 5.41) is 2.54. The number of ketones is 1. The van der Waals surface area contributed by atoms with Gasteiger partial charge in [0, 0.05) is 0 Å². The van der Waals surface area contributed by atoms with Crippen molar-refractivity contribution in [2.75, 3.05) is 0 Å². The molecule has 1 aliphatic carbocycles. The monoisotopic (exact) mass is 254 g/mol. The molecule has 1 aliphatic rings. The van der Waals surface area contributed by atoms with E-state index >= 15 is 0 Å². The topological polar surface area (TPSA) is 17.1 Å². The molecule has 0 spiro atoms. The van der Waals surface area contributed by atoms with Crippen molar-refractivity contribution < 1.29 is 4.79 Å². The summed E-state index contributed by atoms with van der Waals surface area (Å²) < 4.78 is 0. The van der Waals surface area contributed by atoms with Crippen molar-refractivity contribution in [2.45, 2.75) is 40.0 Å². The van der Waals surface area contributed by atoms with E-state index < -0.39 is 0 Å². The molecule has 0 aliphatic heterocycles. The molecular weight excluding hydrogens is 232 g/mol. The summed E-state index contributed by atoms with van der Waals surface area (Å²) in [5.41, 5.74) is 1.32. The Morgan fingerprint density at radius 1 is 1.37 bits per heavy atom. The highest BCUT2D eigenvalue weighted by Crippen LogP contribution is 2.18. The van der Waals surface area contributed by atoms with Gasteiger partial charge in [0.1, 0.15) is 5.78 Å². The van der Waals surface area contributed by atoms with Crippen molar-refractivity contribution in [3.8, 4) is 12.3 Å². The first-order valence-electron chi connectivity index (χ1n) is 6.96. The fraction of sp³-hybridized carbons (Fsp3) is 0.389. The van der Waals surface area contributed by atoms with Crippen LogP contribution in [0.5, 0.6) is 0 Å². The lowest BCUT2D eigenvalue weighted by atomic mass is 9.90. The van der Waals surface area contributed by atoms with Crippen LogP contribution in [-0.2, 0) is 4.79 Å². The molecule has 0 saturated carbocycles. The molecule has 0 fully saturated rings. The van der Waals surface area contributed by atoms with Gasteiger partial charge in [-0.05, 0) is 36.6 Å². The van der Waals surface area contributed by atoms with Crippen molar-refractivity contribution in [2.24, 2.45) is 5.92 Å². The molecule has 0 N–H and O–H groups in total. The van der Waals surface area contributed by atoms with E-state index in [1.807, 2.05) is 26.0 Å². The number of fused-ring (bicyclic) bond motifs is 1. The van der Waals surface area contributed by atoms with Gasteiger partial charge in [0.05, 0.1) is 5.92 Å². The third kappa shape index (κ3) is 3.83. The normalized spacial score (nSPS) is 14.1. The third-order valence-electron chi connectivity index (χ3n) is 3.29. The minimum Gasteiger partial charge on any atom is -0.299 e. The summed E-state index contributed by atoms with van der Waals surface area (Å²) in [5.74, 6) is 2.42. The van der Waals surface area contributed by atoms with Gasteiger partial charge in [-0.25, -0.2) is 0 Å². The molecular formula is C18H22O. The molecule has 1 heteroatoms. The first-order chi connectivity index (χ1) is 9.22. The van der Waals surface area contributed by atoms with Crippen molar-refractivity contribution in [3.63, 3.8) is 0 Å². The van der Waals surface area contributed by atoms with Gasteiger partial charge >= 0.3 is 0 Å². The van der Waals surface area contributed by atoms with Crippen molar-refractivity contribution >= 4 is 17.4 Å². The Labute approximate surface area is 116 Å². The predicted octanol–water partition coefficient (Wildman–Crippen LogP) is 2.67. The minimum absolute atomic E-state index is 0.0898. The third-order valence-corrected chi connectivity index (χ3v) is 3.29. The van der Waals surface area contributed by atoms with Crippen molar-refractivity contribution in [1.29, 1.82) is 0 Å². The highest BCUT2D eigenvalue weighted by molar-refractivity contribution is 5.82. The van der Waals surface area contributed by atoms with E-state index in [4.69, 9.17) is 6.42 Å². The fourth-order valence-corrected chi connectivity index (χ4v) is 2.31. The SMILES string of the molecule is C#C[C@@H](CC1=c2ccccc2=CCC1)C(C)=O.CC. The van der Waals surface area contributed by atoms with E-state index in [0.29, 0.717) is 6.42 Å². The van der Waals surface area contributed by atoms with Crippen molar-refractivity contribution in [1.82, 2.24) is 0 Å². The minimum atomic E-state index is -0.267. The van der Waals surface area contributed by atoms with Crippen LogP contribution in [0, 0.1) is 18.3 Å². The average molecular weight is 254 g/mol. The second-order valence-corrected chi connectivity index (χ2v) is 4.47. The molecule has 19 heavy (non-hydrogen) atoms. The van der Waals surface area contributed by atoms with E-state index in [1.54, 1.807) is 6.92 Å². The molecule has 0 aromatic heterocycles. The van der Waals surface area contributed by atoms with Gasteiger partial charge in [-0.2, -0.15) is 0 Å². The van der Waals surface area contributed by atoms with Gasteiger partial charge in [-0.15, -0.1) is 6.42 Å². The van der Waals surface area contributed by atoms with Crippen LogP contribution in [0.2, 0.25) is 0 Å². The molecule has 0 unspecified atom stereocenters. The summed E-state index contributed by atoms with van der Waals surface area (Å²) in [6, 6.07) is 8.32. The lowest BCUT2D eigenvalue weighted by molar-refractivity contribution is -0.119. The first-order valence-corrected chi connectivity index (χ1v) is 6.96. The predicted molar refractivity (Wildman–Crippen MR) is 81.8 cm³/mol. The van der Waals surface area contributed by atoms with Crippen LogP contribution in [0.3, 0.4) is 0 Å². The van der Waals surface area contributed by atoms with E-state index in [2.05, 4.69) is 24.1 Å². The van der Waals surface area contributed by atoms with Gasteiger partial charge in [0.25, 0.3) is 0 Å². The second kappa shape index (κ2) is 7.59. The Balaban J connectivity index is 0.000000861. The summed E-state index contributed by atoms with van der Waals surface area (Å²) in [4.78, 5) is 11.4. The number of rotatable bonds is 3. The van der Waals surface area contributed by atoms with Gasteiger partial charge in [0.15, 0.2) is 0 Å². The average Bonchev–Trinajstić information content (AvgIpc) is 2.46. The maximum absolute atomic E-state index is 11.4. The molecule has 1 atom stereocenters. The van der Waals surface area contributed by atoms with E-state index in [1.165, 1.54) is 16.0 Å². The molecule has 0 saturated heterocycles. The second-order valence-electron chi connectivity index (χ2n) is 4.47. The Hall–Kier alpha value is -1.81. The number of terminal acetylenes is 1. The zero-order chi connectivity index (χ0) is 14.3. The van der Waals surface area contributed by atoms with Gasteiger partial charge in [-0.3, -0.25) is 4.79 Å². The number of carbonyl (C=O) groups is 1. The standard InChI is InChI=1S/C16H16O.C2H6/c1-3-13(12(2)17)11-15-9-6-8-14-7-4-5-10-16(14)15;1-2/h1,4-5,7-8,10,13H,6,9,11H2,2H3;1-2H3/t13-;/m0./s1. The highest BCUT2D eigenvalue weighted by Gasteiger charge is 2.14. The highest BCUT2D eigenvalue weighted by atomic mass is 16.1. The molecule has 2 rings (SSSR count). The van der Waals surface area contributed by atoms with E-state index in [0.717, 1.165) is 12.8 Å². The molecule has 1 aromatic carbocycles. The zero-order valence-corrected chi connectivity index (χ0v) is 12.1. The van der Waals surface area contributed by atoms with Crippen LogP contribution in [0.4, 0.5) is 0 Å². The zero-order valence-electron chi connectivity index (χ0n) is 12.1. The van der Waals surface area contributed by atoms with Gasteiger partial charge in [0.2, 0.25) is 0 Å². The number of carbonyl (C=O) groups excluding carboxylic acids is 1. The lowest BCUT2D eigenvalue weighted by Crippen LogP contribution is -2.30. The van der Waals surface area contributed by atoms with Crippen LogP contribution in [-0.4, -0.2) is 5.78 Å². The van der Waals surface area contributed by atoms with E-state index in [-0.39, 0.29) is 11.7 Å². The van der Waals surface area contributed by atoms with Crippen LogP contribution < -0.4 is 10.4 Å². The smallest absolute Gasteiger partial charge is 0.145 e. The summed E-state index contributed by atoms with van der Waals surface area (Å²) in [6.45, 7) is 5.58. The molecule has 1 nitrogen and oxygen atoms in total. The Bertz CT molecular complexity index is 587. The number of benzene rings is 1. The summed E-state index contributed by atoms with van der Waals surface area (Å²) in [6.07, 6.45) is 10.4. The molecule has 0 heterocycles. The number of Topliss-reactive ketones (excluding diaryl/α,β-unsaturated/α-hetero) is 1. The maximum atomic E-state index is 11.4. The number of hydrogen-bond donors (Lipinski definition) is 0. The van der Waals surface area contributed by atoms with Crippen LogP contribution in [0.1, 0.15) is 40.0 Å². The fourth-order valence-electron chi connectivity index (χ4n) is 2.31. The Kier molecular flexibility index (Phi) is 6.09. The molecule has 0 bridgehead atoms. The number of hydrogen-bond acceptors (Lipinski definition) is 1. The van der Waals surface area contributed by atoms with E-state index in [9.17, 15) is 4.79 Å². The Morgan fingerprint density at radius 3 is 2.68 bits per heavy atom. The molecule has 0 radical (unpaired) electrons. The Morgan fingerprint density at radius 2 is 2.05 bits per heavy atom. The van der Waals surface area contributed by atoms with Gasteiger partial charge < -0.3 is 0 Å². The summed E-state index contributed by atoms with van der Waals surface area (Å²) in [7, 11) is 0. The molecule has 1 aromatic rings. The maximum Gasteiger partial charge on any atom is 0.145 e. The van der Waals surface area contributed by atoms with Crippen molar-refractivity contribution in [3.05, 3.63) is 34.7 Å².